The Morgan fingerprint density at radius 3 is 2.75 bits per heavy atom. The lowest BCUT2D eigenvalue weighted by Gasteiger charge is -2.10. The van der Waals surface area contributed by atoms with Crippen LogP contribution in [-0.4, -0.2) is 16.1 Å². The predicted molar refractivity (Wildman–Crippen MR) is 81.1 cm³/mol. The van der Waals surface area contributed by atoms with Crippen molar-refractivity contribution in [1.29, 1.82) is 0 Å². The van der Waals surface area contributed by atoms with E-state index < -0.39 is 0 Å². The molecule has 5 heteroatoms. The average Bonchev–Trinajstić information content (AvgIpc) is 2.45. The SMILES string of the molecule is CC(C)Oc1cc(NCc2cccc(CCl)c2)ncn1. The Morgan fingerprint density at radius 2 is 2.00 bits per heavy atom. The number of rotatable bonds is 6. The summed E-state index contributed by atoms with van der Waals surface area (Å²) >= 11 is 5.83. The summed E-state index contributed by atoms with van der Waals surface area (Å²) in [5.74, 6) is 1.84. The van der Waals surface area contributed by atoms with Gasteiger partial charge < -0.3 is 10.1 Å². The van der Waals surface area contributed by atoms with Crippen molar-refractivity contribution in [2.75, 3.05) is 5.32 Å². The third kappa shape index (κ3) is 4.38. The fourth-order valence-corrected chi connectivity index (χ4v) is 1.92. The van der Waals surface area contributed by atoms with Gasteiger partial charge in [0.1, 0.15) is 12.1 Å². The zero-order valence-electron chi connectivity index (χ0n) is 11.6. The quantitative estimate of drug-likeness (QED) is 0.826. The number of anilines is 1. The van der Waals surface area contributed by atoms with E-state index in [1.54, 1.807) is 6.07 Å². The zero-order valence-corrected chi connectivity index (χ0v) is 12.4. The van der Waals surface area contributed by atoms with Crippen LogP contribution in [0.3, 0.4) is 0 Å². The summed E-state index contributed by atoms with van der Waals surface area (Å²) in [6.45, 7) is 4.61. The second-order valence-electron chi connectivity index (χ2n) is 4.72. The minimum Gasteiger partial charge on any atom is -0.475 e. The molecule has 0 aliphatic rings. The molecule has 4 nitrogen and oxygen atoms in total. The van der Waals surface area contributed by atoms with E-state index in [0.29, 0.717) is 18.3 Å². The lowest BCUT2D eigenvalue weighted by Crippen LogP contribution is -2.08. The van der Waals surface area contributed by atoms with Crippen LogP contribution in [0.1, 0.15) is 25.0 Å². The van der Waals surface area contributed by atoms with Crippen LogP contribution in [-0.2, 0) is 12.4 Å². The maximum Gasteiger partial charge on any atom is 0.218 e. The zero-order chi connectivity index (χ0) is 14.4. The van der Waals surface area contributed by atoms with Crippen molar-refractivity contribution in [3.05, 3.63) is 47.8 Å². The number of halogens is 1. The number of hydrogen-bond donors (Lipinski definition) is 1. The van der Waals surface area contributed by atoms with Gasteiger partial charge in [0, 0.05) is 18.5 Å². The molecule has 1 heterocycles. The van der Waals surface area contributed by atoms with Crippen LogP contribution in [0.4, 0.5) is 5.82 Å². The highest BCUT2D eigenvalue weighted by Crippen LogP contribution is 2.14. The maximum absolute atomic E-state index is 5.83. The molecule has 0 bridgehead atoms. The fraction of sp³-hybridized carbons (Fsp3) is 0.333. The summed E-state index contributed by atoms with van der Waals surface area (Å²) in [5, 5.41) is 3.25. The van der Waals surface area contributed by atoms with E-state index in [0.717, 1.165) is 16.9 Å². The van der Waals surface area contributed by atoms with Gasteiger partial charge >= 0.3 is 0 Å². The normalized spacial score (nSPS) is 10.6. The highest BCUT2D eigenvalue weighted by Gasteiger charge is 2.02. The van der Waals surface area contributed by atoms with Crippen molar-refractivity contribution >= 4 is 17.4 Å². The van der Waals surface area contributed by atoms with Gasteiger partial charge in [0.15, 0.2) is 0 Å². The Labute approximate surface area is 124 Å². The Morgan fingerprint density at radius 1 is 1.20 bits per heavy atom. The van der Waals surface area contributed by atoms with Crippen LogP contribution in [0.25, 0.3) is 0 Å². The monoisotopic (exact) mass is 291 g/mol. The Hall–Kier alpha value is -1.81. The van der Waals surface area contributed by atoms with E-state index in [1.807, 2.05) is 26.0 Å². The minimum atomic E-state index is 0.0955. The first-order chi connectivity index (χ1) is 9.67. The first-order valence-electron chi connectivity index (χ1n) is 6.53. The molecule has 2 rings (SSSR count). The summed E-state index contributed by atoms with van der Waals surface area (Å²) in [5.41, 5.74) is 2.27. The highest BCUT2D eigenvalue weighted by molar-refractivity contribution is 6.17. The molecule has 0 unspecified atom stereocenters. The molecule has 20 heavy (non-hydrogen) atoms. The maximum atomic E-state index is 5.83. The summed E-state index contributed by atoms with van der Waals surface area (Å²) in [6.07, 6.45) is 1.59. The predicted octanol–water partition coefficient (Wildman–Crippen LogP) is 3.61. The van der Waals surface area contributed by atoms with Gasteiger partial charge in [-0.15, -0.1) is 11.6 Å². The van der Waals surface area contributed by atoms with Crippen LogP contribution in [0.5, 0.6) is 5.88 Å². The van der Waals surface area contributed by atoms with Crippen LogP contribution >= 0.6 is 11.6 Å². The first kappa shape index (κ1) is 14.6. The molecule has 0 aliphatic heterocycles. The number of aromatic nitrogens is 2. The standard InChI is InChI=1S/C15H18ClN3O/c1-11(2)20-15-7-14(18-10-19-15)17-9-13-5-3-4-12(6-13)8-16/h3-7,10-11H,8-9H2,1-2H3,(H,17,18,19). The molecule has 0 amide bonds. The second kappa shape index (κ2) is 7.10. The van der Waals surface area contributed by atoms with E-state index in [1.165, 1.54) is 6.33 Å². The molecule has 2 aromatic rings. The van der Waals surface area contributed by atoms with Crippen molar-refractivity contribution in [1.82, 2.24) is 9.97 Å². The van der Waals surface area contributed by atoms with Crippen molar-refractivity contribution in [3.63, 3.8) is 0 Å². The Kier molecular flexibility index (Phi) is 5.18. The second-order valence-corrected chi connectivity index (χ2v) is 4.98. The van der Waals surface area contributed by atoms with E-state index in [4.69, 9.17) is 16.3 Å². The molecule has 106 valence electrons. The number of benzene rings is 1. The molecule has 0 radical (unpaired) electrons. The van der Waals surface area contributed by atoms with Crippen molar-refractivity contribution in [3.8, 4) is 5.88 Å². The topological polar surface area (TPSA) is 47.0 Å². The van der Waals surface area contributed by atoms with E-state index in [-0.39, 0.29) is 6.10 Å². The molecule has 0 fully saturated rings. The average molecular weight is 292 g/mol. The van der Waals surface area contributed by atoms with Gasteiger partial charge in [-0.25, -0.2) is 9.97 Å². The lowest BCUT2D eigenvalue weighted by atomic mass is 10.1. The van der Waals surface area contributed by atoms with Crippen LogP contribution in [0, 0.1) is 0 Å². The fourth-order valence-electron chi connectivity index (χ4n) is 1.76. The molecular formula is C15H18ClN3O. The molecule has 1 aromatic carbocycles. The van der Waals surface area contributed by atoms with Gasteiger partial charge in [-0.05, 0) is 25.0 Å². The molecule has 0 aliphatic carbocycles. The third-order valence-electron chi connectivity index (χ3n) is 2.62. The summed E-state index contributed by atoms with van der Waals surface area (Å²) < 4.78 is 5.53. The minimum absolute atomic E-state index is 0.0955. The molecular weight excluding hydrogens is 274 g/mol. The van der Waals surface area contributed by atoms with Gasteiger partial charge in [-0.2, -0.15) is 0 Å². The van der Waals surface area contributed by atoms with Gasteiger partial charge in [-0.3, -0.25) is 0 Å². The lowest BCUT2D eigenvalue weighted by molar-refractivity contribution is 0.232. The van der Waals surface area contributed by atoms with E-state index in [2.05, 4.69) is 27.4 Å². The van der Waals surface area contributed by atoms with Crippen LogP contribution in [0.15, 0.2) is 36.7 Å². The molecule has 0 saturated heterocycles. The number of nitrogens with zero attached hydrogens (tertiary/aromatic N) is 2. The smallest absolute Gasteiger partial charge is 0.218 e. The van der Waals surface area contributed by atoms with Crippen molar-refractivity contribution < 1.29 is 4.74 Å². The molecule has 1 N–H and O–H groups in total. The summed E-state index contributed by atoms with van der Waals surface area (Å²) in [4.78, 5) is 8.25. The van der Waals surface area contributed by atoms with Gasteiger partial charge in [0.25, 0.3) is 0 Å². The first-order valence-corrected chi connectivity index (χ1v) is 7.07. The number of hydrogen-bond acceptors (Lipinski definition) is 4. The van der Waals surface area contributed by atoms with Gasteiger partial charge in [0.05, 0.1) is 6.10 Å². The van der Waals surface area contributed by atoms with Crippen LogP contribution in [0.2, 0.25) is 0 Å². The summed E-state index contributed by atoms with van der Waals surface area (Å²) in [7, 11) is 0. The van der Waals surface area contributed by atoms with Crippen molar-refractivity contribution in [2.45, 2.75) is 32.4 Å². The molecule has 0 atom stereocenters. The Balaban J connectivity index is 1.99. The molecule has 1 aromatic heterocycles. The molecule has 0 spiro atoms. The van der Waals surface area contributed by atoms with E-state index in [9.17, 15) is 0 Å². The summed E-state index contributed by atoms with van der Waals surface area (Å²) in [6, 6.07) is 9.94. The van der Waals surface area contributed by atoms with Gasteiger partial charge in [0.2, 0.25) is 5.88 Å². The highest BCUT2D eigenvalue weighted by atomic mass is 35.5. The van der Waals surface area contributed by atoms with Crippen LogP contribution < -0.4 is 10.1 Å². The van der Waals surface area contributed by atoms with Gasteiger partial charge in [-0.1, -0.05) is 24.3 Å². The van der Waals surface area contributed by atoms with E-state index >= 15 is 0 Å². The number of alkyl halides is 1. The van der Waals surface area contributed by atoms with Crippen molar-refractivity contribution in [2.24, 2.45) is 0 Å². The molecule has 0 saturated carbocycles. The number of nitrogens with one attached hydrogen (secondary N) is 1. The largest absolute Gasteiger partial charge is 0.475 e. The Bertz CT molecular complexity index is 560. The third-order valence-corrected chi connectivity index (χ3v) is 2.93. The number of ether oxygens (including phenoxy) is 1.